The first-order valence-corrected chi connectivity index (χ1v) is 43.6. The number of benzene rings is 2. The maximum atomic E-state index is 10.9. The number of aliphatic hydroxyl groups is 1. The van der Waals surface area contributed by atoms with Gasteiger partial charge in [0.1, 0.15) is 38.8 Å². The number of hydrogen-bond acceptors (Lipinski definition) is 36. The van der Waals surface area contributed by atoms with Crippen LogP contribution < -0.4 is 18.9 Å². The maximum Gasteiger partial charge on any atom is 0.273 e. The third kappa shape index (κ3) is 56.4. The molecule has 0 amide bonds. The summed E-state index contributed by atoms with van der Waals surface area (Å²) in [5.74, 6) is 1.82. The largest absolute Gasteiger partial charge is 0.487 e. The van der Waals surface area contributed by atoms with Crippen molar-refractivity contribution < 1.29 is 157 Å². The van der Waals surface area contributed by atoms with Gasteiger partial charge in [-0.2, -0.15) is 0 Å². The third-order valence-electron chi connectivity index (χ3n) is 18.9. The van der Waals surface area contributed by atoms with Crippen molar-refractivity contribution in [1.82, 2.24) is 9.80 Å². The zero-order valence-corrected chi connectivity index (χ0v) is 71.9. The SMILES string of the molecule is C1CCC2OCCOCCOC3CCCCC3OCCOCCOC2C1.C1COCCN2CCOCCOCCN(CCO1)CCOCCOCC2.O=Cc1ccc2c(c1)OCCOCCOCCOCCOCCO2.O=[N+]([O-])c1ccc2c(c1)OCCOCCOCCOCCOCCO2.OCC1COCCOCCOCCOCCOCCO1. The predicted octanol–water partition coefficient (Wildman–Crippen LogP) is 4.67. The topological polar surface area (TPSA) is 364 Å². The van der Waals surface area contributed by atoms with Gasteiger partial charge in [0.15, 0.2) is 23.0 Å². The summed E-state index contributed by atoms with van der Waals surface area (Å²) in [6, 6.07) is 9.28. The van der Waals surface area contributed by atoms with Crippen molar-refractivity contribution in [3.63, 3.8) is 0 Å². The number of aldehydes is 1. The number of nitro groups is 1. The van der Waals surface area contributed by atoms with Crippen LogP contribution in [-0.4, -0.2) is 439 Å². The monoisotopic (exact) mass is 1740 g/mol. The molecule has 1 N–H and O–H groups in total. The number of carbonyl (C=O) groups is 1. The molecule has 7 heterocycles. The van der Waals surface area contributed by atoms with Gasteiger partial charge in [-0.05, 0) is 49.9 Å². The Hall–Kier alpha value is -4.45. The summed E-state index contributed by atoms with van der Waals surface area (Å²) < 4.78 is 167. The Kier molecular flexibility index (Phi) is 66.8. The summed E-state index contributed by atoms with van der Waals surface area (Å²) in [7, 11) is 0. The van der Waals surface area contributed by atoms with Gasteiger partial charge in [0.05, 0.1) is 353 Å². The molecule has 0 spiro atoms. The third-order valence-corrected chi connectivity index (χ3v) is 18.9. The van der Waals surface area contributed by atoms with Crippen LogP contribution in [0.25, 0.3) is 0 Å². The molecule has 0 radical (unpaired) electrons. The Labute approximate surface area is 715 Å². The lowest BCUT2D eigenvalue weighted by Gasteiger charge is -2.32. The standard InChI is InChI=1S/C20H36O6.C18H36N2O6.C17H24O7.C16H23NO8.C13H26O7/c1-2-6-18-17(5-1)23-13-9-21-11-15-25-19-7-3-4-8-20(19)26-16-12-22-10-14-24-18;1-7-21-13-14-24-10-4-20-5-11-25-17-15-22-8-2-19(1)3-9-23-16-18-26-12-6-20;18-14-15-1-2-16-17(13-15)24-12-10-22-8-6-20-4-3-19-5-7-21-9-11-23-16;18-17(19)14-1-2-15-16(13-14)25-12-10-23-8-6-21-4-3-20-5-7-22-9-11-24-15;14-11-13-12-19-8-7-17-4-3-15-1-2-16-5-6-18-9-10-20-13/h17-20H,1-16H2;1-18H2;1-2,13-14H,3-12H2;1-2,13H,3-12H2;13-14H,1-12H2. The number of aliphatic hydroxyl groups excluding tert-OH is 1. The first kappa shape index (κ1) is 105. The molecule has 37 heteroatoms. The highest BCUT2D eigenvalue weighted by Crippen LogP contribution is 2.32. The van der Waals surface area contributed by atoms with E-state index in [4.69, 9.17) is 147 Å². The molecule has 121 heavy (non-hydrogen) atoms. The Morgan fingerprint density at radius 1 is 0.289 bits per heavy atom. The second-order valence-corrected chi connectivity index (χ2v) is 28.0. The van der Waals surface area contributed by atoms with E-state index in [1.54, 1.807) is 18.2 Å². The Bertz CT molecular complexity index is 2540. The Morgan fingerprint density at radius 3 is 0.793 bits per heavy atom. The molecule has 5 saturated heterocycles. The molecule has 700 valence electrons. The molecule has 7 aliphatic heterocycles. The van der Waals surface area contributed by atoms with Crippen LogP contribution in [0.1, 0.15) is 61.7 Å². The van der Waals surface area contributed by atoms with E-state index in [9.17, 15) is 14.9 Å². The summed E-state index contributed by atoms with van der Waals surface area (Å²) in [5, 5.41) is 20.1. The highest BCUT2D eigenvalue weighted by atomic mass is 16.6. The van der Waals surface area contributed by atoms with E-state index >= 15 is 0 Å². The molecule has 9 aliphatic rings. The molecule has 0 aromatic heterocycles. The predicted molar refractivity (Wildman–Crippen MR) is 440 cm³/mol. The molecule has 5 atom stereocenters. The first-order valence-electron chi connectivity index (χ1n) is 43.6. The van der Waals surface area contributed by atoms with Crippen LogP contribution in [0.3, 0.4) is 0 Å². The lowest BCUT2D eigenvalue weighted by Crippen LogP contribution is -2.37. The van der Waals surface area contributed by atoms with Crippen molar-refractivity contribution in [3.05, 3.63) is 52.1 Å². The Balaban J connectivity index is 0.000000235. The number of rotatable bonds is 3. The number of ether oxygens (including phenoxy) is 30. The van der Waals surface area contributed by atoms with Crippen LogP contribution >= 0.6 is 0 Å². The van der Waals surface area contributed by atoms with Crippen molar-refractivity contribution in [2.24, 2.45) is 0 Å². The fraction of sp³-hybridized carbons (Fsp3) is 0.845. The van der Waals surface area contributed by atoms with Crippen molar-refractivity contribution >= 4 is 12.0 Å². The van der Waals surface area contributed by atoms with Crippen molar-refractivity contribution in [2.75, 3.05) is 383 Å². The molecular weight excluding hydrogens is 1590 g/mol. The van der Waals surface area contributed by atoms with Gasteiger partial charge in [0, 0.05) is 50.9 Å². The van der Waals surface area contributed by atoms with Crippen LogP contribution in [0.4, 0.5) is 5.69 Å². The van der Waals surface area contributed by atoms with E-state index in [1.165, 1.54) is 43.9 Å². The lowest BCUT2D eigenvalue weighted by molar-refractivity contribution is -0.385. The highest BCUT2D eigenvalue weighted by molar-refractivity contribution is 5.76. The van der Waals surface area contributed by atoms with Gasteiger partial charge >= 0.3 is 0 Å². The summed E-state index contributed by atoms with van der Waals surface area (Å²) in [6.07, 6.45) is 10.4. The summed E-state index contributed by atoms with van der Waals surface area (Å²) in [4.78, 5) is 26.0. The van der Waals surface area contributed by atoms with E-state index in [1.807, 2.05) is 0 Å². The number of fused-ring (bicyclic) bond motifs is 25. The number of hydrogen-bond donors (Lipinski definition) is 1. The molecule has 37 nitrogen and oxygen atoms in total. The summed E-state index contributed by atoms with van der Waals surface area (Å²) in [6.45, 7) is 32.3. The minimum atomic E-state index is -0.480. The van der Waals surface area contributed by atoms with E-state index in [2.05, 4.69) is 9.80 Å². The normalized spacial score (nSPS) is 26.5. The minimum absolute atomic E-state index is 0.0628. The minimum Gasteiger partial charge on any atom is -0.487 e. The zero-order chi connectivity index (χ0) is 84.9. The van der Waals surface area contributed by atoms with Crippen LogP contribution in [-0.2, 0) is 123 Å². The van der Waals surface area contributed by atoms with Crippen molar-refractivity contribution in [3.8, 4) is 23.0 Å². The first-order chi connectivity index (χ1) is 60.0. The molecular formula is C84H145N3O34. The molecule has 11 rings (SSSR count). The van der Waals surface area contributed by atoms with Gasteiger partial charge in [-0.3, -0.25) is 24.7 Å². The van der Waals surface area contributed by atoms with Crippen LogP contribution in [0.5, 0.6) is 23.0 Å². The number of nitro benzene ring substituents is 1. The van der Waals surface area contributed by atoms with Crippen molar-refractivity contribution in [1.29, 1.82) is 0 Å². The molecule has 5 unspecified atom stereocenters. The van der Waals surface area contributed by atoms with Crippen molar-refractivity contribution in [2.45, 2.75) is 81.9 Å². The van der Waals surface area contributed by atoms with E-state index in [0.29, 0.717) is 359 Å². The van der Waals surface area contributed by atoms with Crippen LogP contribution in [0, 0.1) is 10.1 Å². The fourth-order valence-corrected chi connectivity index (χ4v) is 12.5. The van der Waals surface area contributed by atoms with Gasteiger partial charge < -0.3 is 147 Å². The average Bonchev–Trinajstić information content (AvgIpc) is 0.869. The number of carbonyl (C=O) groups excluding carboxylic acids is 1. The van der Waals surface area contributed by atoms with Crippen LogP contribution in [0.15, 0.2) is 36.4 Å². The van der Waals surface area contributed by atoms with E-state index in [-0.39, 0.29) is 49.4 Å². The van der Waals surface area contributed by atoms with Crippen LogP contribution in [0.2, 0.25) is 0 Å². The second kappa shape index (κ2) is 76.8. The second-order valence-electron chi connectivity index (χ2n) is 28.0. The fourth-order valence-electron chi connectivity index (χ4n) is 12.5. The molecule has 2 saturated carbocycles. The van der Waals surface area contributed by atoms with E-state index in [0.717, 1.165) is 71.2 Å². The molecule has 2 aliphatic carbocycles. The van der Waals surface area contributed by atoms with Gasteiger partial charge in [0.2, 0.25) is 0 Å². The molecule has 2 bridgehead atoms. The maximum absolute atomic E-state index is 10.9. The lowest BCUT2D eigenvalue weighted by atomic mass is 9.94. The zero-order valence-electron chi connectivity index (χ0n) is 71.9. The molecule has 7 fully saturated rings. The highest BCUT2D eigenvalue weighted by Gasteiger charge is 2.29. The smallest absolute Gasteiger partial charge is 0.273 e. The van der Waals surface area contributed by atoms with Gasteiger partial charge in [-0.15, -0.1) is 0 Å². The van der Waals surface area contributed by atoms with Gasteiger partial charge in [-0.25, -0.2) is 0 Å². The quantitative estimate of drug-likeness (QED) is 0.248. The Morgan fingerprint density at radius 2 is 0.521 bits per heavy atom. The van der Waals surface area contributed by atoms with Gasteiger partial charge in [0.25, 0.3) is 5.69 Å². The molecule has 2 aromatic rings. The van der Waals surface area contributed by atoms with Gasteiger partial charge in [-0.1, -0.05) is 25.7 Å². The average molecular weight is 1740 g/mol. The number of nitrogens with zero attached hydrogens (tertiary/aromatic N) is 3. The van der Waals surface area contributed by atoms with E-state index < -0.39 is 4.92 Å². The summed E-state index contributed by atoms with van der Waals surface area (Å²) >= 11 is 0. The number of non-ortho nitro benzene ring substituents is 1. The molecule has 2 aromatic carbocycles. The summed E-state index contributed by atoms with van der Waals surface area (Å²) in [5.41, 5.74) is 0.467.